The largest absolute Gasteiger partial charge is 0.465 e. The zero-order chi connectivity index (χ0) is 18.8. The average molecular weight is 363 g/mol. The van der Waals surface area contributed by atoms with Gasteiger partial charge in [-0.1, -0.05) is 30.3 Å². The van der Waals surface area contributed by atoms with E-state index in [1.54, 1.807) is 12.1 Å². The Morgan fingerprint density at radius 2 is 1.96 bits per heavy atom. The normalized spacial score (nSPS) is 17.1. The summed E-state index contributed by atoms with van der Waals surface area (Å²) in [6, 6.07) is 15.5. The van der Waals surface area contributed by atoms with Gasteiger partial charge in [-0.15, -0.1) is 0 Å². The zero-order valence-corrected chi connectivity index (χ0v) is 15.4. The molecule has 0 spiro atoms. The second-order valence-corrected chi connectivity index (χ2v) is 6.57. The number of hydrogen-bond acceptors (Lipinski definition) is 6. The van der Waals surface area contributed by atoms with Crippen molar-refractivity contribution < 1.29 is 14.3 Å². The number of rotatable bonds is 3. The summed E-state index contributed by atoms with van der Waals surface area (Å²) in [6.45, 7) is 4.17. The van der Waals surface area contributed by atoms with E-state index in [0.29, 0.717) is 24.3 Å². The number of methoxy groups -OCH3 is 1. The van der Waals surface area contributed by atoms with Crippen LogP contribution in [0.4, 0.5) is 5.82 Å². The minimum Gasteiger partial charge on any atom is -0.465 e. The van der Waals surface area contributed by atoms with Gasteiger partial charge in [0.05, 0.1) is 43.0 Å². The molecule has 1 atom stereocenters. The van der Waals surface area contributed by atoms with E-state index in [1.165, 1.54) is 7.11 Å². The van der Waals surface area contributed by atoms with Crippen molar-refractivity contribution in [3.05, 3.63) is 54.1 Å². The van der Waals surface area contributed by atoms with E-state index in [1.807, 2.05) is 36.4 Å². The lowest BCUT2D eigenvalue weighted by Crippen LogP contribution is -2.44. The van der Waals surface area contributed by atoms with Crippen molar-refractivity contribution in [1.29, 1.82) is 0 Å². The third kappa shape index (κ3) is 3.36. The van der Waals surface area contributed by atoms with Crippen molar-refractivity contribution >= 4 is 22.8 Å². The first-order valence-electron chi connectivity index (χ1n) is 8.97. The van der Waals surface area contributed by atoms with Gasteiger partial charge < -0.3 is 14.4 Å². The zero-order valence-electron chi connectivity index (χ0n) is 15.4. The van der Waals surface area contributed by atoms with Gasteiger partial charge >= 0.3 is 5.97 Å². The van der Waals surface area contributed by atoms with Gasteiger partial charge in [-0.05, 0) is 25.1 Å². The lowest BCUT2D eigenvalue weighted by Gasteiger charge is -2.35. The molecule has 1 unspecified atom stereocenters. The first kappa shape index (κ1) is 17.4. The average Bonchev–Trinajstić information content (AvgIpc) is 2.73. The molecule has 1 saturated heterocycles. The van der Waals surface area contributed by atoms with Crippen LogP contribution in [0.3, 0.4) is 0 Å². The van der Waals surface area contributed by atoms with Crippen LogP contribution >= 0.6 is 0 Å². The molecule has 1 aromatic heterocycles. The number of carbonyl (C=O) groups is 1. The topological polar surface area (TPSA) is 64.5 Å². The maximum atomic E-state index is 11.9. The van der Waals surface area contributed by atoms with E-state index in [2.05, 4.69) is 11.8 Å². The Morgan fingerprint density at radius 3 is 2.70 bits per heavy atom. The molecular formula is C21H21N3O3. The lowest BCUT2D eigenvalue weighted by molar-refractivity contribution is 0.0601. The molecule has 2 aromatic carbocycles. The highest BCUT2D eigenvalue weighted by Crippen LogP contribution is 2.31. The fraction of sp³-hybridized carbons (Fsp3) is 0.286. The van der Waals surface area contributed by atoms with Crippen LogP contribution in [-0.4, -0.2) is 48.8 Å². The van der Waals surface area contributed by atoms with Crippen molar-refractivity contribution in [1.82, 2.24) is 9.97 Å². The monoisotopic (exact) mass is 363 g/mol. The van der Waals surface area contributed by atoms with Crippen molar-refractivity contribution in [3.63, 3.8) is 0 Å². The summed E-state index contributed by atoms with van der Waals surface area (Å²) in [7, 11) is 1.37. The Kier molecular flexibility index (Phi) is 4.73. The Labute approximate surface area is 157 Å². The molecule has 3 aromatic rings. The number of carbonyl (C=O) groups excluding carboxylic acids is 1. The first-order valence-corrected chi connectivity index (χ1v) is 8.97. The standard InChI is InChI=1S/C21H21N3O3/c1-14-13-27-11-10-24(14)20-19(15-6-4-3-5-7-15)22-17-9-8-16(21(25)26-2)12-18(17)23-20/h3-9,12,14H,10-11,13H2,1-2H3. The van der Waals surface area contributed by atoms with Gasteiger partial charge in [-0.25, -0.2) is 14.8 Å². The van der Waals surface area contributed by atoms with E-state index in [-0.39, 0.29) is 12.0 Å². The van der Waals surface area contributed by atoms with Gasteiger partial charge in [0.25, 0.3) is 0 Å². The summed E-state index contributed by atoms with van der Waals surface area (Å²) in [6.07, 6.45) is 0. The highest BCUT2D eigenvalue weighted by Gasteiger charge is 2.25. The minimum atomic E-state index is -0.382. The highest BCUT2D eigenvalue weighted by molar-refractivity contribution is 5.94. The van der Waals surface area contributed by atoms with E-state index in [4.69, 9.17) is 19.4 Å². The van der Waals surface area contributed by atoms with Gasteiger partial charge in [0, 0.05) is 12.1 Å². The second kappa shape index (κ2) is 7.32. The van der Waals surface area contributed by atoms with E-state index < -0.39 is 0 Å². The number of hydrogen-bond donors (Lipinski definition) is 0. The molecule has 138 valence electrons. The van der Waals surface area contributed by atoms with E-state index in [0.717, 1.165) is 29.1 Å². The van der Waals surface area contributed by atoms with Crippen LogP contribution in [-0.2, 0) is 9.47 Å². The quantitative estimate of drug-likeness (QED) is 0.665. The Hall–Kier alpha value is -2.99. The molecular weight excluding hydrogens is 342 g/mol. The van der Waals surface area contributed by atoms with Crippen LogP contribution in [0.1, 0.15) is 17.3 Å². The summed E-state index contributed by atoms with van der Waals surface area (Å²) < 4.78 is 10.4. The molecule has 6 nitrogen and oxygen atoms in total. The first-order chi connectivity index (χ1) is 13.2. The maximum absolute atomic E-state index is 11.9. The molecule has 1 aliphatic heterocycles. The lowest BCUT2D eigenvalue weighted by atomic mass is 10.1. The number of morpholine rings is 1. The van der Waals surface area contributed by atoms with E-state index in [9.17, 15) is 4.79 Å². The molecule has 0 bridgehead atoms. The van der Waals surface area contributed by atoms with Crippen molar-refractivity contribution in [3.8, 4) is 11.3 Å². The van der Waals surface area contributed by atoms with Gasteiger partial charge in [-0.2, -0.15) is 0 Å². The summed E-state index contributed by atoms with van der Waals surface area (Å²) in [5, 5.41) is 0. The third-order valence-corrected chi connectivity index (χ3v) is 4.75. The number of anilines is 1. The van der Waals surface area contributed by atoms with Gasteiger partial charge in [-0.3, -0.25) is 0 Å². The van der Waals surface area contributed by atoms with Crippen LogP contribution in [0.2, 0.25) is 0 Å². The number of esters is 1. The van der Waals surface area contributed by atoms with Crippen LogP contribution in [0, 0.1) is 0 Å². The number of nitrogens with zero attached hydrogens (tertiary/aromatic N) is 3. The molecule has 0 amide bonds. The Morgan fingerprint density at radius 1 is 1.15 bits per heavy atom. The van der Waals surface area contributed by atoms with Crippen LogP contribution in [0.5, 0.6) is 0 Å². The third-order valence-electron chi connectivity index (χ3n) is 4.75. The summed E-state index contributed by atoms with van der Waals surface area (Å²) >= 11 is 0. The molecule has 27 heavy (non-hydrogen) atoms. The molecule has 0 radical (unpaired) electrons. The van der Waals surface area contributed by atoms with Crippen molar-refractivity contribution in [2.45, 2.75) is 13.0 Å². The van der Waals surface area contributed by atoms with E-state index >= 15 is 0 Å². The molecule has 1 fully saturated rings. The van der Waals surface area contributed by atoms with Gasteiger partial charge in [0.15, 0.2) is 5.82 Å². The smallest absolute Gasteiger partial charge is 0.337 e. The fourth-order valence-electron chi connectivity index (χ4n) is 3.32. The predicted octanol–water partition coefficient (Wildman–Crippen LogP) is 3.31. The summed E-state index contributed by atoms with van der Waals surface area (Å²) in [4.78, 5) is 23.9. The van der Waals surface area contributed by atoms with Crippen LogP contribution in [0.15, 0.2) is 48.5 Å². The summed E-state index contributed by atoms with van der Waals surface area (Å²) in [5.41, 5.74) is 3.73. The highest BCUT2D eigenvalue weighted by atomic mass is 16.5. The number of aromatic nitrogens is 2. The van der Waals surface area contributed by atoms with Gasteiger partial charge in [0.2, 0.25) is 0 Å². The van der Waals surface area contributed by atoms with Gasteiger partial charge in [0.1, 0.15) is 5.69 Å². The molecule has 6 heteroatoms. The molecule has 4 rings (SSSR count). The van der Waals surface area contributed by atoms with Crippen LogP contribution < -0.4 is 4.90 Å². The molecule has 1 aliphatic rings. The van der Waals surface area contributed by atoms with Crippen molar-refractivity contribution in [2.24, 2.45) is 0 Å². The maximum Gasteiger partial charge on any atom is 0.337 e. The molecule has 0 N–H and O–H groups in total. The molecule has 0 saturated carbocycles. The second-order valence-electron chi connectivity index (χ2n) is 6.57. The predicted molar refractivity (Wildman–Crippen MR) is 104 cm³/mol. The number of fused-ring (bicyclic) bond motifs is 1. The van der Waals surface area contributed by atoms with Crippen molar-refractivity contribution in [2.75, 3.05) is 31.8 Å². The number of benzene rings is 2. The SMILES string of the molecule is COC(=O)c1ccc2nc(-c3ccccc3)c(N3CCOCC3C)nc2c1. The Balaban J connectivity index is 1.91. The molecule has 0 aliphatic carbocycles. The van der Waals surface area contributed by atoms with Crippen LogP contribution in [0.25, 0.3) is 22.3 Å². The summed E-state index contributed by atoms with van der Waals surface area (Å²) in [5.74, 6) is 0.429. The number of ether oxygens (including phenoxy) is 2. The molecule has 2 heterocycles. The fourth-order valence-corrected chi connectivity index (χ4v) is 3.32. The Bertz CT molecular complexity index is 975. The minimum absolute atomic E-state index is 0.191.